The van der Waals surface area contributed by atoms with E-state index in [0.717, 1.165) is 5.56 Å². The average Bonchev–Trinajstić information content (AvgIpc) is 3.41. The van der Waals surface area contributed by atoms with Crippen molar-refractivity contribution in [2.24, 2.45) is 0 Å². The molecule has 2 aliphatic rings. The van der Waals surface area contributed by atoms with Crippen LogP contribution in [-0.2, 0) is 9.59 Å². The zero-order valence-corrected chi connectivity index (χ0v) is 18.8. The van der Waals surface area contributed by atoms with E-state index in [4.69, 9.17) is 14.2 Å². The summed E-state index contributed by atoms with van der Waals surface area (Å²) in [4.78, 5) is 28.1. The fourth-order valence-corrected chi connectivity index (χ4v) is 4.34. The van der Waals surface area contributed by atoms with E-state index in [9.17, 15) is 14.7 Å². The molecule has 1 unspecified atom stereocenters. The zero-order chi connectivity index (χ0) is 23.8. The van der Waals surface area contributed by atoms with Crippen molar-refractivity contribution in [1.82, 2.24) is 0 Å². The van der Waals surface area contributed by atoms with Crippen LogP contribution < -0.4 is 19.1 Å². The maximum Gasteiger partial charge on any atom is 0.300 e. The van der Waals surface area contributed by atoms with Crippen LogP contribution in [-0.4, -0.2) is 30.2 Å². The van der Waals surface area contributed by atoms with Crippen molar-refractivity contribution in [3.05, 3.63) is 89.0 Å². The van der Waals surface area contributed by atoms with Crippen molar-refractivity contribution in [1.29, 1.82) is 0 Å². The topological polar surface area (TPSA) is 85.3 Å². The number of hydrogen-bond donors (Lipinski definition) is 1. The number of fused-ring (bicyclic) bond motifs is 1. The third kappa shape index (κ3) is 3.65. The summed E-state index contributed by atoms with van der Waals surface area (Å²) in [5.41, 5.74) is 2.56. The smallest absolute Gasteiger partial charge is 0.300 e. The van der Waals surface area contributed by atoms with Crippen LogP contribution in [0.15, 0.2) is 72.3 Å². The van der Waals surface area contributed by atoms with Gasteiger partial charge in [-0.15, -0.1) is 0 Å². The van der Waals surface area contributed by atoms with Gasteiger partial charge in [-0.3, -0.25) is 14.5 Å². The number of aryl methyl sites for hydroxylation is 1. The van der Waals surface area contributed by atoms with E-state index in [2.05, 4.69) is 0 Å². The summed E-state index contributed by atoms with van der Waals surface area (Å²) in [6.45, 7) is 4.36. The van der Waals surface area contributed by atoms with E-state index in [1.807, 2.05) is 38.1 Å². The van der Waals surface area contributed by atoms with Crippen molar-refractivity contribution in [2.75, 3.05) is 18.3 Å². The lowest BCUT2D eigenvalue weighted by atomic mass is 9.94. The molecular weight excluding hydrogens is 434 g/mol. The van der Waals surface area contributed by atoms with Crippen molar-refractivity contribution < 1.29 is 28.9 Å². The minimum absolute atomic E-state index is 0.0104. The summed E-state index contributed by atoms with van der Waals surface area (Å²) in [5.74, 6) is -0.145. The van der Waals surface area contributed by atoms with Crippen LogP contribution in [0.1, 0.15) is 29.7 Å². The Hall–Kier alpha value is -4.26. The number of nitrogens with zero attached hydrogens (tertiary/aromatic N) is 1. The summed E-state index contributed by atoms with van der Waals surface area (Å²) in [6, 6.07) is 18.7. The van der Waals surface area contributed by atoms with Crippen LogP contribution in [0, 0.1) is 6.92 Å². The third-order valence-electron chi connectivity index (χ3n) is 5.86. The number of rotatable bonds is 5. The first-order valence-corrected chi connectivity index (χ1v) is 11.0. The number of Topliss-reactive ketones (excluding diaryl/α,β-unsaturated/α-hetero) is 1. The predicted octanol–water partition coefficient (Wildman–Crippen LogP) is 4.75. The summed E-state index contributed by atoms with van der Waals surface area (Å²) < 4.78 is 16.4. The second kappa shape index (κ2) is 8.59. The summed E-state index contributed by atoms with van der Waals surface area (Å²) in [5, 5.41) is 11.3. The minimum atomic E-state index is -0.817. The lowest BCUT2D eigenvalue weighted by Gasteiger charge is -2.26. The molecule has 1 fully saturated rings. The van der Waals surface area contributed by atoms with Crippen molar-refractivity contribution in [2.45, 2.75) is 19.9 Å². The van der Waals surface area contributed by atoms with E-state index in [0.29, 0.717) is 40.7 Å². The van der Waals surface area contributed by atoms with E-state index in [1.165, 1.54) is 4.90 Å². The Morgan fingerprint density at radius 2 is 1.82 bits per heavy atom. The van der Waals surface area contributed by atoms with E-state index < -0.39 is 17.7 Å². The first-order chi connectivity index (χ1) is 16.5. The highest BCUT2D eigenvalue weighted by atomic mass is 16.7. The lowest BCUT2D eigenvalue weighted by molar-refractivity contribution is -0.132. The Bertz CT molecular complexity index is 1330. The number of amides is 1. The fraction of sp³-hybridized carbons (Fsp3) is 0.185. The van der Waals surface area contributed by atoms with E-state index >= 15 is 0 Å². The Morgan fingerprint density at radius 3 is 2.62 bits per heavy atom. The number of ether oxygens (including phenoxy) is 3. The summed E-state index contributed by atoms with van der Waals surface area (Å²) >= 11 is 0. The second-order valence-corrected chi connectivity index (χ2v) is 8.08. The minimum Gasteiger partial charge on any atom is -0.507 e. The van der Waals surface area contributed by atoms with Crippen LogP contribution in [0.5, 0.6) is 17.2 Å². The molecule has 2 heterocycles. The van der Waals surface area contributed by atoms with Gasteiger partial charge in [-0.25, -0.2) is 0 Å². The van der Waals surface area contributed by atoms with Crippen molar-refractivity contribution >= 4 is 23.1 Å². The molecule has 1 amide bonds. The van der Waals surface area contributed by atoms with Crippen LogP contribution in [0.25, 0.3) is 5.76 Å². The molecule has 0 aromatic heterocycles. The van der Waals surface area contributed by atoms with Gasteiger partial charge in [0.15, 0.2) is 11.5 Å². The Labute approximate surface area is 196 Å². The Balaban J connectivity index is 1.69. The summed E-state index contributed by atoms with van der Waals surface area (Å²) in [7, 11) is 0. The lowest BCUT2D eigenvalue weighted by Crippen LogP contribution is -2.29. The molecule has 3 aromatic rings. The molecule has 0 saturated carbocycles. The van der Waals surface area contributed by atoms with Gasteiger partial charge >= 0.3 is 0 Å². The molecule has 0 bridgehead atoms. The standard InChI is InChI=1S/C27H23NO6/c1-3-32-20-9-5-8-19(14-20)28-24(17-7-4-6-16(2)12-17)23(26(30)27(28)31)25(29)18-10-11-21-22(13-18)34-15-33-21/h4-14,24,29H,3,15H2,1-2H3/b25-23-. The molecule has 172 valence electrons. The third-order valence-corrected chi connectivity index (χ3v) is 5.86. The van der Waals surface area contributed by atoms with Gasteiger partial charge in [-0.2, -0.15) is 0 Å². The highest BCUT2D eigenvalue weighted by Gasteiger charge is 2.47. The molecule has 7 nitrogen and oxygen atoms in total. The molecule has 2 aliphatic heterocycles. The number of aliphatic hydroxyl groups is 1. The fourth-order valence-electron chi connectivity index (χ4n) is 4.34. The van der Waals surface area contributed by atoms with Gasteiger partial charge in [0.25, 0.3) is 11.7 Å². The molecule has 34 heavy (non-hydrogen) atoms. The summed E-state index contributed by atoms with van der Waals surface area (Å²) in [6.07, 6.45) is 0. The average molecular weight is 457 g/mol. The van der Waals surface area contributed by atoms with Gasteiger partial charge in [-0.1, -0.05) is 35.9 Å². The number of ketones is 1. The Morgan fingerprint density at radius 1 is 1.03 bits per heavy atom. The molecule has 1 atom stereocenters. The maximum absolute atomic E-state index is 13.3. The first-order valence-electron chi connectivity index (χ1n) is 11.0. The SMILES string of the molecule is CCOc1cccc(N2C(=O)C(=O)/C(=C(\O)c3ccc4c(c3)OCO4)C2c2cccc(C)c2)c1. The number of carbonyl (C=O) groups is 2. The number of aliphatic hydroxyl groups excluding tert-OH is 1. The molecule has 0 radical (unpaired) electrons. The molecule has 1 saturated heterocycles. The van der Waals surface area contributed by atoms with Gasteiger partial charge in [0, 0.05) is 17.3 Å². The molecule has 7 heteroatoms. The van der Waals surface area contributed by atoms with Crippen LogP contribution >= 0.6 is 0 Å². The largest absolute Gasteiger partial charge is 0.507 e. The van der Waals surface area contributed by atoms with Gasteiger partial charge in [0.05, 0.1) is 18.2 Å². The van der Waals surface area contributed by atoms with Gasteiger partial charge < -0.3 is 19.3 Å². The molecule has 5 rings (SSSR count). The number of hydrogen-bond acceptors (Lipinski definition) is 6. The normalized spacial score (nSPS) is 18.4. The van der Waals surface area contributed by atoms with Crippen LogP contribution in [0.4, 0.5) is 5.69 Å². The second-order valence-electron chi connectivity index (χ2n) is 8.08. The van der Waals surface area contributed by atoms with Crippen LogP contribution in [0.3, 0.4) is 0 Å². The zero-order valence-electron chi connectivity index (χ0n) is 18.8. The molecule has 0 spiro atoms. The number of benzene rings is 3. The molecular formula is C27H23NO6. The van der Waals surface area contributed by atoms with Gasteiger partial charge in [0.2, 0.25) is 6.79 Å². The highest BCUT2D eigenvalue weighted by molar-refractivity contribution is 6.51. The molecule has 1 N–H and O–H groups in total. The maximum atomic E-state index is 13.3. The number of carbonyl (C=O) groups excluding carboxylic acids is 2. The first kappa shape index (κ1) is 21.6. The Kier molecular flexibility index (Phi) is 5.45. The molecule has 0 aliphatic carbocycles. The van der Waals surface area contributed by atoms with E-state index in [-0.39, 0.29) is 18.1 Å². The monoisotopic (exact) mass is 457 g/mol. The van der Waals surface area contributed by atoms with Gasteiger partial charge in [-0.05, 0) is 49.7 Å². The quantitative estimate of drug-likeness (QED) is 0.338. The van der Waals surface area contributed by atoms with Crippen molar-refractivity contribution in [3.63, 3.8) is 0 Å². The predicted molar refractivity (Wildman–Crippen MR) is 126 cm³/mol. The van der Waals surface area contributed by atoms with Crippen LogP contribution in [0.2, 0.25) is 0 Å². The van der Waals surface area contributed by atoms with Gasteiger partial charge in [0.1, 0.15) is 11.5 Å². The molecule has 3 aromatic carbocycles. The highest BCUT2D eigenvalue weighted by Crippen LogP contribution is 2.44. The van der Waals surface area contributed by atoms with Crippen molar-refractivity contribution in [3.8, 4) is 17.2 Å². The van der Waals surface area contributed by atoms with E-state index in [1.54, 1.807) is 42.5 Å². The number of anilines is 1.